The SMILES string of the molecule is CNC(CSCC(O)CO)c1cccc(OC)c1. The number of thioether (sulfide) groups is 1. The molecule has 5 heteroatoms. The van der Waals surface area contributed by atoms with Gasteiger partial charge in [0.1, 0.15) is 5.75 Å². The van der Waals surface area contributed by atoms with E-state index in [1.54, 1.807) is 18.9 Å². The minimum Gasteiger partial charge on any atom is -0.497 e. The maximum Gasteiger partial charge on any atom is 0.119 e. The third-order valence-electron chi connectivity index (χ3n) is 2.65. The van der Waals surface area contributed by atoms with Crippen molar-refractivity contribution in [3.63, 3.8) is 0 Å². The van der Waals surface area contributed by atoms with Crippen molar-refractivity contribution >= 4 is 11.8 Å². The van der Waals surface area contributed by atoms with Gasteiger partial charge in [-0.1, -0.05) is 12.1 Å². The molecule has 0 aliphatic carbocycles. The molecule has 1 aromatic carbocycles. The molecule has 0 spiro atoms. The summed E-state index contributed by atoms with van der Waals surface area (Å²) in [4.78, 5) is 0. The van der Waals surface area contributed by atoms with Crippen molar-refractivity contribution in [3.8, 4) is 5.75 Å². The molecule has 1 rings (SSSR count). The standard InChI is InChI=1S/C13H21NO3S/c1-14-13(9-18-8-11(16)7-15)10-4-3-5-12(6-10)17-2/h3-6,11,13-16H,7-9H2,1-2H3. The second-order valence-corrected chi connectivity index (χ2v) is 5.07. The van der Waals surface area contributed by atoms with Crippen molar-refractivity contribution in [2.24, 2.45) is 0 Å². The van der Waals surface area contributed by atoms with Gasteiger partial charge in [0.25, 0.3) is 0 Å². The smallest absolute Gasteiger partial charge is 0.119 e. The minimum absolute atomic E-state index is 0.184. The molecule has 0 aliphatic heterocycles. The fourth-order valence-electron chi connectivity index (χ4n) is 1.58. The summed E-state index contributed by atoms with van der Waals surface area (Å²) in [5, 5.41) is 21.3. The molecular formula is C13H21NO3S. The molecule has 0 saturated carbocycles. The van der Waals surface area contributed by atoms with Crippen LogP contribution in [0.15, 0.2) is 24.3 Å². The van der Waals surface area contributed by atoms with Gasteiger partial charge in [-0.2, -0.15) is 11.8 Å². The Kier molecular flexibility index (Phi) is 7.12. The van der Waals surface area contributed by atoms with Crippen LogP contribution in [0.3, 0.4) is 0 Å². The maximum atomic E-state index is 9.29. The van der Waals surface area contributed by atoms with Gasteiger partial charge in [0.15, 0.2) is 0 Å². The normalized spacial score (nSPS) is 14.2. The minimum atomic E-state index is -0.641. The quantitative estimate of drug-likeness (QED) is 0.659. The van der Waals surface area contributed by atoms with Gasteiger partial charge < -0.3 is 20.3 Å². The molecule has 0 radical (unpaired) electrons. The van der Waals surface area contributed by atoms with E-state index in [9.17, 15) is 5.11 Å². The van der Waals surface area contributed by atoms with Gasteiger partial charge in [-0.05, 0) is 24.7 Å². The lowest BCUT2D eigenvalue weighted by Gasteiger charge is -2.17. The summed E-state index contributed by atoms with van der Waals surface area (Å²) < 4.78 is 5.20. The number of rotatable bonds is 8. The van der Waals surface area contributed by atoms with E-state index in [1.165, 1.54) is 0 Å². The van der Waals surface area contributed by atoms with E-state index >= 15 is 0 Å². The average Bonchev–Trinajstić information content (AvgIpc) is 2.43. The summed E-state index contributed by atoms with van der Waals surface area (Å²) in [5.41, 5.74) is 1.16. The van der Waals surface area contributed by atoms with Gasteiger partial charge in [0, 0.05) is 17.5 Å². The van der Waals surface area contributed by atoms with Crippen LogP contribution in [0.25, 0.3) is 0 Å². The molecule has 4 nitrogen and oxygen atoms in total. The summed E-state index contributed by atoms with van der Waals surface area (Å²) in [6.45, 7) is -0.184. The number of nitrogens with one attached hydrogen (secondary N) is 1. The number of hydrogen-bond acceptors (Lipinski definition) is 5. The summed E-state index contributed by atoms with van der Waals surface area (Å²) in [6.07, 6.45) is -0.641. The first kappa shape index (κ1) is 15.3. The maximum absolute atomic E-state index is 9.29. The fourth-order valence-corrected chi connectivity index (χ4v) is 2.69. The molecule has 102 valence electrons. The number of aliphatic hydroxyl groups is 2. The second kappa shape index (κ2) is 8.37. The fraction of sp³-hybridized carbons (Fsp3) is 0.538. The van der Waals surface area contributed by atoms with Gasteiger partial charge in [-0.15, -0.1) is 0 Å². The molecule has 2 unspecified atom stereocenters. The highest BCUT2D eigenvalue weighted by atomic mass is 32.2. The summed E-state index contributed by atoms with van der Waals surface area (Å²) >= 11 is 1.61. The van der Waals surface area contributed by atoms with Crippen LogP contribution < -0.4 is 10.1 Å². The summed E-state index contributed by atoms with van der Waals surface area (Å²) in [5.74, 6) is 2.22. The molecule has 0 amide bonds. The number of benzene rings is 1. The van der Waals surface area contributed by atoms with Crippen LogP contribution in [0.1, 0.15) is 11.6 Å². The number of hydrogen-bond donors (Lipinski definition) is 3. The molecule has 18 heavy (non-hydrogen) atoms. The summed E-state index contributed by atoms with van der Waals surface area (Å²) in [6, 6.07) is 8.14. The monoisotopic (exact) mass is 271 g/mol. The second-order valence-electron chi connectivity index (χ2n) is 3.99. The van der Waals surface area contributed by atoms with E-state index in [4.69, 9.17) is 9.84 Å². The Hall–Kier alpha value is -0.750. The highest BCUT2D eigenvalue weighted by molar-refractivity contribution is 7.99. The highest BCUT2D eigenvalue weighted by Crippen LogP contribution is 2.22. The third kappa shape index (κ3) is 4.86. The Labute approximate surface area is 112 Å². The van der Waals surface area contributed by atoms with Crippen LogP contribution in [0, 0.1) is 0 Å². The zero-order chi connectivity index (χ0) is 13.4. The van der Waals surface area contributed by atoms with E-state index < -0.39 is 6.10 Å². The van der Waals surface area contributed by atoms with E-state index in [1.807, 2.05) is 31.3 Å². The molecule has 0 aliphatic rings. The number of ether oxygens (including phenoxy) is 1. The van der Waals surface area contributed by atoms with E-state index in [0.29, 0.717) is 5.75 Å². The first-order valence-corrected chi connectivity index (χ1v) is 7.04. The van der Waals surface area contributed by atoms with Gasteiger partial charge in [-0.25, -0.2) is 0 Å². The van der Waals surface area contributed by atoms with Crippen LogP contribution in [0.4, 0.5) is 0 Å². The van der Waals surface area contributed by atoms with Gasteiger partial charge >= 0.3 is 0 Å². The topological polar surface area (TPSA) is 61.7 Å². The molecule has 2 atom stereocenters. The van der Waals surface area contributed by atoms with Crippen molar-refractivity contribution < 1.29 is 14.9 Å². The lowest BCUT2D eigenvalue weighted by atomic mass is 10.1. The van der Waals surface area contributed by atoms with Gasteiger partial charge in [-0.3, -0.25) is 0 Å². The van der Waals surface area contributed by atoms with Crippen LogP contribution in [-0.4, -0.2) is 48.6 Å². The Balaban J connectivity index is 2.54. The van der Waals surface area contributed by atoms with Crippen LogP contribution in [0.2, 0.25) is 0 Å². The predicted molar refractivity (Wildman–Crippen MR) is 75.2 cm³/mol. The van der Waals surface area contributed by atoms with Crippen molar-refractivity contribution in [1.29, 1.82) is 0 Å². The Morgan fingerprint density at radius 2 is 2.17 bits per heavy atom. The first-order valence-electron chi connectivity index (χ1n) is 5.89. The Morgan fingerprint density at radius 3 is 2.78 bits per heavy atom. The van der Waals surface area contributed by atoms with Crippen molar-refractivity contribution in [1.82, 2.24) is 5.32 Å². The Morgan fingerprint density at radius 1 is 1.39 bits per heavy atom. The van der Waals surface area contributed by atoms with Crippen LogP contribution >= 0.6 is 11.8 Å². The largest absolute Gasteiger partial charge is 0.497 e. The van der Waals surface area contributed by atoms with Crippen LogP contribution in [-0.2, 0) is 0 Å². The van der Waals surface area contributed by atoms with Gasteiger partial charge in [0.2, 0.25) is 0 Å². The highest BCUT2D eigenvalue weighted by Gasteiger charge is 2.11. The van der Waals surface area contributed by atoms with Crippen molar-refractivity contribution in [2.75, 3.05) is 32.3 Å². The zero-order valence-electron chi connectivity index (χ0n) is 10.8. The van der Waals surface area contributed by atoms with E-state index in [2.05, 4.69) is 5.32 Å². The third-order valence-corrected chi connectivity index (χ3v) is 3.84. The Bertz CT molecular complexity index is 349. The van der Waals surface area contributed by atoms with Gasteiger partial charge in [0.05, 0.1) is 19.8 Å². The van der Waals surface area contributed by atoms with Crippen molar-refractivity contribution in [3.05, 3.63) is 29.8 Å². The molecule has 3 N–H and O–H groups in total. The molecular weight excluding hydrogens is 250 g/mol. The predicted octanol–water partition coefficient (Wildman–Crippen LogP) is 1.04. The van der Waals surface area contributed by atoms with E-state index in [-0.39, 0.29) is 12.6 Å². The van der Waals surface area contributed by atoms with E-state index in [0.717, 1.165) is 17.1 Å². The van der Waals surface area contributed by atoms with Crippen LogP contribution in [0.5, 0.6) is 5.75 Å². The van der Waals surface area contributed by atoms with Crippen molar-refractivity contribution in [2.45, 2.75) is 12.1 Å². The number of aliphatic hydroxyl groups excluding tert-OH is 2. The molecule has 0 saturated heterocycles. The molecule has 0 aromatic heterocycles. The molecule has 1 aromatic rings. The first-order chi connectivity index (χ1) is 8.71. The molecule has 0 bridgehead atoms. The average molecular weight is 271 g/mol. The lowest BCUT2D eigenvalue weighted by Crippen LogP contribution is -2.21. The molecule has 0 fully saturated rings. The number of methoxy groups -OCH3 is 1. The zero-order valence-corrected chi connectivity index (χ0v) is 11.6. The molecule has 0 heterocycles. The lowest BCUT2D eigenvalue weighted by molar-refractivity contribution is 0.113. The summed E-state index contributed by atoms with van der Waals surface area (Å²) in [7, 11) is 3.56.